The number of benzene rings is 4. The number of nitrogens with one attached hydrogen (secondary N) is 2. The Kier molecular flexibility index (Phi) is 8.50. The molecule has 2 N–H and O–H groups in total. The van der Waals surface area contributed by atoms with Gasteiger partial charge in [0.25, 0.3) is 5.91 Å². The molecule has 0 bridgehead atoms. The molecule has 8 nitrogen and oxygen atoms in total. The van der Waals surface area contributed by atoms with Crippen LogP contribution >= 0.6 is 11.6 Å². The largest absolute Gasteiger partial charge is 0.496 e. The fraction of sp³-hybridized carbons (Fsp3) is 0.0938. The Morgan fingerprint density at radius 2 is 1.76 bits per heavy atom. The Hall–Kier alpha value is -5.15. The Labute approximate surface area is 245 Å². The molecule has 212 valence electrons. The second-order valence-corrected chi connectivity index (χ2v) is 9.41. The number of esters is 1. The van der Waals surface area contributed by atoms with E-state index in [1.54, 1.807) is 49.4 Å². The van der Waals surface area contributed by atoms with Gasteiger partial charge in [0.2, 0.25) is 0 Å². The van der Waals surface area contributed by atoms with E-state index in [1.165, 1.54) is 25.5 Å². The summed E-state index contributed by atoms with van der Waals surface area (Å²) in [6, 6.07) is 23.4. The number of halogens is 2. The van der Waals surface area contributed by atoms with Crippen LogP contribution in [0.5, 0.6) is 17.2 Å². The lowest BCUT2D eigenvalue weighted by molar-refractivity contribution is 0.0724. The van der Waals surface area contributed by atoms with E-state index < -0.39 is 17.7 Å². The molecule has 0 atom stereocenters. The number of hydrogen-bond acceptors (Lipinski definition) is 6. The zero-order chi connectivity index (χ0) is 29.6. The highest BCUT2D eigenvalue weighted by molar-refractivity contribution is 6.31. The van der Waals surface area contributed by atoms with Gasteiger partial charge < -0.3 is 19.2 Å². The number of para-hydroxylation sites is 1. The van der Waals surface area contributed by atoms with Gasteiger partial charge >= 0.3 is 5.97 Å². The van der Waals surface area contributed by atoms with E-state index in [1.807, 2.05) is 30.3 Å². The molecule has 1 heterocycles. The lowest BCUT2D eigenvalue weighted by Crippen LogP contribution is -2.19. The van der Waals surface area contributed by atoms with Crippen molar-refractivity contribution in [1.82, 2.24) is 10.4 Å². The van der Waals surface area contributed by atoms with Crippen molar-refractivity contribution in [2.45, 2.75) is 6.92 Å². The van der Waals surface area contributed by atoms with Crippen LogP contribution in [0.2, 0.25) is 5.02 Å². The smallest absolute Gasteiger partial charge is 0.347 e. The summed E-state index contributed by atoms with van der Waals surface area (Å²) in [5, 5.41) is 5.02. The van der Waals surface area contributed by atoms with Crippen LogP contribution in [-0.2, 0) is 0 Å². The van der Waals surface area contributed by atoms with Crippen LogP contribution in [0.1, 0.15) is 33.3 Å². The number of methoxy groups -OCH3 is 1. The fourth-order valence-corrected chi connectivity index (χ4v) is 4.60. The van der Waals surface area contributed by atoms with Crippen LogP contribution in [0.15, 0.2) is 90.0 Å². The summed E-state index contributed by atoms with van der Waals surface area (Å²) in [6.45, 7) is 2.10. The normalized spacial score (nSPS) is 11.0. The number of aromatic nitrogens is 1. The summed E-state index contributed by atoms with van der Waals surface area (Å²) < 4.78 is 31.0. The lowest BCUT2D eigenvalue weighted by atomic mass is 10.0. The predicted octanol–water partition coefficient (Wildman–Crippen LogP) is 7.02. The van der Waals surface area contributed by atoms with Gasteiger partial charge in [-0.15, -0.1) is 0 Å². The van der Waals surface area contributed by atoms with Gasteiger partial charge in [-0.1, -0.05) is 54.1 Å². The van der Waals surface area contributed by atoms with Crippen LogP contribution in [0.25, 0.3) is 22.0 Å². The van der Waals surface area contributed by atoms with Crippen LogP contribution in [-0.4, -0.2) is 36.8 Å². The maximum absolute atomic E-state index is 14.5. The minimum Gasteiger partial charge on any atom is -0.496 e. The SMILES string of the molecule is CCOc1cc(C=NNC(=O)c2[nH]c3c(F)cccc3c2-c2ccccc2)ccc1OC(=O)c1cc(Cl)ccc1OC. The van der Waals surface area contributed by atoms with E-state index in [-0.39, 0.29) is 22.5 Å². The molecule has 0 aliphatic rings. The zero-order valence-corrected chi connectivity index (χ0v) is 23.4. The molecule has 1 aromatic heterocycles. The third-order valence-electron chi connectivity index (χ3n) is 6.30. The Balaban J connectivity index is 1.37. The highest BCUT2D eigenvalue weighted by Gasteiger charge is 2.21. The number of fused-ring (bicyclic) bond motifs is 1. The quantitative estimate of drug-likeness (QED) is 0.0838. The molecule has 4 aromatic carbocycles. The molecule has 42 heavy (non-hydrogen) atoms. The monoisotopic (exact) mass is 585 g/mol. The maximum Gasteiger partial charge on any atom is 0.347 e. The molecule has 0 radical (unpaired) electrons. The number of hydrogen-bond donors (Lipinski definition) is 2. The highest BCUT2D eigenvalue weighted by Crippen LogP contribution is 2.34. The van der Waals surface area contributed by atoms with E-state index in [9.17, 15) is 14.0 Å². The van der Waals surface area contributed by atoms with Crippen LogP contribution in [0.4, 0.5) is 4.39 Å². The van der Waals surface area contributed by atoms with E-state index in [0.29, 0.717) is 39.6 Å². The van der Waals surface area contributed by atoms with Gasteiger partial charge in [-0.05, 0) is 60.5 Å². The molecule has 5 rings (SSSR count). The molecule has 0 saturated heterocycles. The Bertz CT molecular complexity index is 1800. The van der Waals surface area contributed by atoms with Gasteiger partial charge in [0, 0.05) is 16.0 Å². The number of H-pyrrole nitrogens is 1. The van der Waals surface area contributed by atoms with Crippen molar-refractivity contribution in [2.75, 3.05) is 13.7 Å². The van der Waals surface area contributed by atoms with Gasteiger partial charge in [0.1, 0.15) is 22.8 Å². The number of nitrogens with zero attached hydrogens (tertiary/aromatic N) is 1. The molecule has 0 fully saturated rings. The Morgan fingerprint density at radius 1 is 0.976 bits per heavy atom. The van der Waals surface area contributed by atoms with Crippen molar-refractivity contribution in [1.29, 1.82) is 0 Å². The zero-order valence-electron chi connectivity index (χ0n) is 22.6. The van der Waals surface area contributed by atoms with Gasteiger partial charge in [-0.25, -0.2) is 14.6 Å². The maximum atomic E-state index is 14.5. The number of aromatic amines is 1. The van der Waals surface area contributed by atoms with E-state index in [4.69, 9.17) is 25.8 Å². The first-order chi connectivity index (χ1) is 20.4. The first kappa shape index (κ1) is 28.4. The summed E-state index contributed by atoms with van der Waals surface area (Å²) in [7, 11) is 1.44. The topological polar surface area (TPSA) is 102 Å². The number of amides is 1. The minimum absolute atomic E-state index is 0.160. The van der Waals surface area contributed by atoms with E-state index in [2.05, 4.69) is 15.5 Å². The number of hydrazone groups is 1. The molecule has 0 unspecified atom stereocenters. The number of carbonyl (C=O) groups excluding carboxylic acids is 2. The Morgan fingerprint density at radius 3 is 2.52 bits per heavy atom. The first-order valence-corrected chi connectivity index (χ1v) is 13.3. The molecule has 0 aliphatic heterocycles. The van der Waals surface area contributed by atoms with Crippen molar-refractivity contribution < 1.29 is 28.2 Å². The minimum atomic E-state index is -0.673. The second-order valence-electron chi connectivity index (χ2n) is 8.98. The average Bonchev–Trinajstić information content (AvgIpc) is 3.40. The summed E-state index contributed by atoms with van der Waals surface area (Å²) in [5.74, 6) is -0.905. The van der Waals surface area contributed by atoms with Crippen molar-refractivity contribution in [3.8, 4) is 28.4 Å². The van der Waals surface area contributed by atoms with Crippen molar-refractivity contribution >= 4 is 40.6 Å². The van der Waals surface area contributed by atoms with E-state index in [0.717, 1.165) is 5.56 Å². The van der Waals surface area contributed by atoms with Crippen LogP contribution < -0.4 is 19.6 Å². The predicted molar refractivity (Wildman–Crippen MR) is 159 cm³/mol. The molecule has 5 aromatic rings. The number of ether oxygens (including phenoxy) is 3. The van der Waals surface area contributed by atoms with Crippen molar-refractivity contribution in [3.63, 3.8) is 0 Å². The van der Waals surface area contributed by atoms with Gasteiger partial charge in [0.15, 0.2) is 11.5 Å². The summed E-state index contributed by atoms with van der Waals surface area (Å²) in [6.07, 6.45) is 1.41. The summed E-state index contributed by atoms with van der Waals surface area (Å²) in [5.41, 5.74) is 4.95. The lowest BCUT2D eigenvalue weighted by Gasteiger charge is -2.13. The standard InChI is InChI=1S/C32H25ClFN3O5/c1-3-41-27-16-19(12-14-26(27)42-32(39)23-17-21(33)13-15-25(23)40-2)18-35-37-31(38)30-28(20-8-5-4-6-9-20)22-10-7-11-24(34)29(22)36-30/h4-18,36H,3H2,1-2H3,(H,37,38). The molecular formula is C32H25ClFN3O5. The highest BCUT2D eigenvalue weighted by atomic mass is 35.5. The third-order valence-corrected chi connectivity index (χ3v) is 6.54. The first-order valence-electron chi connectivity index (χ1n) is 12.9. The molecule has 10 heteroatoms. The van der Waals surface area contributed by atoms with Crippen LogP contribution in [0, 0.1) is 5.82 Å². The molecule has 0 saturated carbocycles. The molecule has 0 aliphatic carbocycles. The van der Waals surface area contributed by atoms with Crippen molar-refractivity contribution in [2.24, 2.45) is 5.10 Å². The van der Waals surface area contributed by atoms with Crippen molar-refractivity contribution in [3.05, 3.63) is 113 Å². The molecule has 0 spiro atoms. The summed E-state index contributed by atoms with van der Waals surface area (Å²) >= 11 is 6.05. The van der Waals surface area contributed by atoms with Gasteiger partial charge in [0.05, 0.1) is 25.4 Å². The second kappa shape index (κ2) is 12.6. The third kappa shape index (κ3) is 5.96. The fourth-order valence-electron chi connectivity index (χ4n) is 4.43. The van der Waals surface area contributed by atoms with E-state index >= 15 is 0 Å². The summed E-state index contributed by atoms with van der Waals surface area (Å²) in [4.78, 5) is 29.0. The average molecular weight is 586 g/mol. The van der Waals surface area contributed by atoms with Gasteiger partial charge in [-0.2, -0.15) is 5.10 Å². The number of rotatable bonds is 9. The molecule has 1 amide bonds. The number of carbonyl (C=O) groups is 2. The van der Waals surface area contributed by atoms with Gasteiger partial charge in [-0.3, -0.25) is 4.79 Å². The molecular weight excluding hydrogens is 561 g/mol. The van der Waals surface area contributed by atoms with Crippen LogP contribution in [0.3, 0.4) is 0 Å².